The van der Waals surface area contributed by atoms with Crippen LogP contribution in [0.5, 0.6) is 5.75 Å². The van der Waals surface area contributed by atoms with Crippen LogP contribution in [0.15, 0.2) is 6.20 Å². The number of rotatable bonds is 5. The van der Waals surface area contributed by atoms with Crippen molar-refractivity contribution in [2.75, 3.05) is 6.61 Å². The lowest BCUT2D eigenvalue weighted by atomic mass is 10.1. The number of pyridine rings is 1. The number of carbonyl (C=O) groups is 1. The second-order valence-corrected chi connectivity index (χ2v) is 4.67. The lowest BCUT2D eigenvalue weighted by Crippen LogP contribution is -2.21. The molecule has 0 bridgehead atoms. The van der Waals surface area contributed by atoms with E-state index in [-0.39, 0.29) is 25.1 Å². The van der Waals surface area contributed by atoms with Crippen molar-refractivity contribution in [3.63, 3.8) is 0 Å². The fourth-order valence-corrected chi connectivity index (χ4v) is 2.25. The number of carbonyl (C=O) groups excluding carboxylic acids is 1. The van der Waals surface area contributed by atoms with E-state index >= 15 is 0 Å². The molecule has 0 saturated heterocycles. The largest absolute Gasteiger partial charge is 0.573 e. The molecule has 0 spiro atoms. The standard InChI is InChI=1S/C11H12F3IN2O3/c1-2-19-9(18)3-6-8(20-11(12,13)14)5-17-7(4-16)10(6)15/h5H,2-4,16H2,1H3. The summed E-state index contributed by atoms with van der Waals surface area (Å²) in [4.78, 5) is 15.3. The van der Waals surface area contributed by atoms with Crippen LogP contribution in [0, 0.1) is 3.57 Å². The highest BCUT2D eigenvalue weighted by molar-refractivity contribution is 14.1. The molecule has 0 saturated carbocycles. The Morgan fingerprint density at radius 2 is 2.15 bits per heavy atom. The number of ether oxygens (including phenoxy) is 2. The van der Waals surface area contributed by atoms with Crippen molar-refractivity contribution >= 4 is 28.6 Å². The van der Waals surface area contributed by atoms with Gasteiger partial charge in [-0.05, 0) is 29.5 Å². The van der Waals surface area contributed by atoms with Gasteiger partial charge in [0.15, 0.2) is 5.75 Å². The predicted molar refractivity (Wildman–Crippen MR) is 71.9 cm³/mol. The van der Waals surface area contributed by atoms with E-state index in [2.05, 4.69) is 9.72 Å². The van der Waals surface area contributed by atoms with Gasteiger partial charge in [-0.25, -0.2) is 0 Å². The topological polar surface area (TPSA) is 74.4 Å². The first-order chi connectivity index (χ1) is 9.28. The normalized spacial score (nSPS) is 11.3. The molecule has 0 aliphatic heterocycles. The van der Waals surface area contributed by atoms with Crippen LogP contribution >= 0.6 is 22.6 Å². The minimum atomic E-state index is -4.86. The maximum atomic E-state index is 12.3. The molecule has 1 aromatic rings. The van der Waals surface area contributed by atoms with E-state index in [1.807, 2.05) is 0 Å². The average Bonchev–Trinajstić information content (AvgIpc) is 2.32. The van der Waals surface area contributed by atoms with E-state index in [1.165, 1.54) is 0 Å². The summed E-state index contributed by atoms with van der Waals surface area (Å²) >= 11 is 1.78. The smallest absolute Gasteiger partial charge is 0.466 e. The Bertz CT molecular complexity index is 495. The molecular formula is C11H12F3IN2O3. The summed E-state index contributed by atoms with van der Waals surface area (Å²) in [5.74, 6) is -1.17. The molecule has 0 fully saturated rings. The first-order valence-corrected chi connectivity index (χ1v) is 6.64. The third kappa shape index (κ3) is 4.78. The van der Waals surface area contributed by atoms with Gasteiger partial charge in [0.25, 0.3) is 0 Å². The van der Waals surface area contributed by atoms with Crippen molar-refractivity contribution in [1.82, 2.24) is 4.98 Å². The van der Waals surface area contributed by atoms with Crippen molar-refractivity contribution in [1.29, 1.82) is 0 Å². The molecule has 1 aromatic heterocycles. The lowest BCUT2D eigenvalue weighted by molar-refractivity contribution is -0.275. The number of nitrogens with two attached hydrogens (primary N) is 1. The molecule has 0 atom stereocenters. The van der Waals surface area contributed by atoms with E-state index in [9.17, 15) is 18.0 Å². The van der Waals surface area contributed by atoms with Crippen molar-refractivity contribution in [2.24, 2.45) is 5.73 Å². The third-order valence-electron chi connectivity index (χ3n) is 2.20. The van der Waals surface area contributed by atoms with E-state index < -0.39 is 18.1 Å². The van der Waals surface area contributed by atoms with Gasteiger partial charge in [-0.3, -0.25) is 9.78 Å². The van der Waals surface area contributed by atoms with Crippen LogP contribution in [-0.2, 0) is 22.5 Å². The Morgan fingerprint density at radius 3 is 2.65 bits per heavy atom. The van der Waals surface area contributed by atoms with Gasteiger partial charge in [-0.1, -0.05) is 0 Å². The van der Waals surface area contributed by atoms with E-state index in [0.717, 1.165) is 6.20 Å². The molecule has 0 unspecified atom stereocenters. The summed E-state index contributed by atoms with van der Waals surface area (Å²) in [7, 11) is 0. The van der Waals surface area contributed by atoms with E-state index in [4.69, 9.17) is 10.5 Å². The van der Waals surface area contributed by atoms with Gasteiger partial charge in [-0.15, -0.1) is 13.2 Å². The number of aromatic nitrogens is 1. The quantitative estimate of drug-likeness (QED) is 0.602. The van der Waals surface area contributed by atoms with Crippen molar-refractivity contribution in [2.45, 2.75) is 26.3 Å². The summed E-state index contributed by atoms with van der Waals surface area (Å²) in [6, 6.07) is 0. The Balaban J connectivity index is 3.16. The molecule has 9 heteroatoms. The van der Waals surface area contributed by atoms with Gasteiger partial charge in [0.2, 0.25) is 0 Å². The number of hydrogen-bond acceptors (Lipinski definition) is 5. The molecule has 0 amide bonds. The number of alkyl halides is 3. The van der Waals surface area contributed by atoms with Gasteiger partial charge in [0.1, 0.15) is 0 Å². The second kappa shape index (κ2) is 7.07. The molecule has 2 N–H and O–H groups in total. The molecule has 1 rings (SSSR count). The summed E-state index contributed by atoms with van der Waals surface area (Å²) in [5, 5.41) is 0. The van der Waals surface area contributed by atoms with Gasteiger partial charge >= 0.3 is 12.3 Å². The Kier molecular flexibility index (Phi) is 5.99. The third-order valence-corrected chi connectivity index (χ3v) is 3.47. The number of nitrogens with zero attached hydrogens (tertiary/aromatic N) is 1. The van der Waals surface area contributed by atoms with Crippen molar-refractivity contribution < 1.29 is 27.4 Å². The highest BCUT2D eigenvalue weighted by atomic mass is 127. The highest BCUT2D eigenvalue weighted by Crippen LogP contribution is 2.30. The van der Waals surface area contributed by atoms with Gasteiger partial charge < -0.3 is 15.2 Å². The first-order valence-electron chi connectivity index (χ1n) is 5.56. The highest BCUT2D eigenvalue weighted by Gasteiger charge is 2.33. The predicted octanol–water partition coefficient (Wildman–Crippen LogP) is 2.15. The van der Waals surface area contributed by atoms with Crippen LogP contribution in [-0.4, -0.2) is 23.9 Å². The van der Waals surface area contributed by atoms with E-state index in [0.29, 0.717) is 9.26 Å². The fraction of sp³-hybridized carbons (Fsp3) is 0.455. The zero-order valence-corrected chi connectivity index (χ0v) is 12.6. The zero-order chi connectivity index (χ0) is 15.3. The summed E-state index contributed by atoms with van der Waals surface area (Å²) in [5.41, 5.74) is 5.89. The average molecular weight is 404 g/mol. The molecule has 112 valence electrons. The van der Waals surface area contributed by atoms with Gasteiger partial charge in [0, 0.05) is 15.7 Å². The minimum Gasteiger partial charge on any atom is -0.466 e. The number of halogens is 4. The summed E-state index contributed by atoms with van der Waals surface area (Å²) in [6.45, 7) is 1.79. The molecule has 0 aliphatic rings. The molecule has 20 heavy (non-hydrogen) atoms. The summed E-state index contributed by atoms with van der Waals surface area (Å²) in [6.07, 6.45) is -4.29. The minimum absolute atomic E-state index is 0.0421. The molecule has 0 aromatic carbocycles. The molecule has 0 radical (unpaired) electrons. The fourth-order valence-electron chi connectivity index (χ4n) is 1.43. The molecule has 1 heterocycles. The van der Waals surface area contributed by atoms with Crippen molar-refractivity contribution in [3.05, 3.63) is 21.0 Å². The first kappa shape index (κ1) is 17.0. The summed E-state index contributed by atoms with van der Waals surface area (Å²) < 4.78 is 45.9. The van der Waals surface area contributed by atoms with Crippen LogP contribution in [0.3, 0.4) is 0 Å². The molecule has 5 nitrogen and oxygen atoms in total. The van der Waals surface area contributed by atoms with E-state index in [1.54, 1.807) is 29.5 Å². The van der Waals surface area contributed by atoms with Gasteiger partial charge in [0.05, 0.1) is 24.9 Å². The SMILES string of the molecule is CCOC(=O)Cc1c(OC(F)(F)F)cnc(CN)c1I. The Labute approximate surface area is 126 Å². The van der Waals surface area contributed by atoms with Crippen LogP contribution in [0.25, 0.3) is 0 Å². The molecular weight excluding hydrogens is 392 g/mol. The Hall–Kier alpha value is -1.10. The number of esters is 1. The maximum Gasteiger partial charge on any atom is 0.573 e. The Morgan fingerprint density at radius 1 is 1.50 bits per heavy atom. The molecule has 0 aliphatic carbocycles. The van der Waals surface area contributed by atoms with Crippen LogP contribution in [0.4, 0.5) is 13.2 Å². The lowest BCUT2D eigenvalue weighted by Gasteiger charge is -2.15. The van der Waals surface area contributed by atoms with Crippen molar-refractivity contribution in [3.8, 4) is 5.75 Å². The van der Waals surface area contributed by atoms with Crippen LogP contribution < -0.4 is 10.5 Å². The monoisotopic (exact) mass is 404 g/mol. The zero-order valence-electron chi connectivity index (χ0n) is 10.5. The second-order valence-electron chi connectivity index (χ2n) is 3.60. The maximum absolute atomic E-state index is 12.3. The van der Waals surface area contributed by atoms with Crippen LogP contribution in [0.2, 0.25) is 0 Å². The number of hydrogen-bond donors (Lipinski definition) is 1. The van der Waals surface area contributed by atoms with Gasteiger partial charge in [-0.2, -0.15) is 0 Å². The van der Waals surface area contributed by atoms with Crippen LogP contribution in [0.1, 0.15) is 18.2 Å².